The Balaban J connectivity index is 2.07. The van der Waals surface area contributed by atoms with Gasteiger partial charge in [-0.2, -0.15) is 0 Å². The fraction of sp³-hybridized carbons (Fsp3) is 0.600. The van der Waals surface area contributed by atoms with E-state index in [0.29, 0.717) is 24.8 Å². The van der Waals surface area contributed by atoms with Gasteiger partial charge in [0.25, 0.3) is 0 Å². The van der Waals surface area contributed by atoms with E-state index in [9.17, 15) is 4.39 Å². The van der Waals surface area contributed by atoms with Crippen LogP contribution in [-0.4, -0.2) is 31.1 Å². The molecule has 0 unspecified atom stereocenters. The third kappa shape index (κ3) is 5.61. The minimum absolute atomic E-state index is 0.183. The molecule has 0 bridgehead atoms. The molecule has 18 heavy (non-hydrogen) atoms. The molecule has 0 spiro atoms. The average Bonchev–Trinajstić information content (AvgIpc) is 2.35. The van der Waals surface area contributed by atoms with Gasteiger partial charge in [-0.05, 0) is 46.3 Å². The van der Waals surface area contributed by atoms with Crippen molar-refractivity contribution in [2.75, 3.05) is 20.2 Å². The minimum Gasteiger partial charge on any atom is -0.377 e. The van der Waals surface area contributed by atoms with Crippen LogP contribution >= 0.6 is 0 Å². The molecule has 0 atom stereocenters. The predicted molar refractivity (Wildman–Crippen MR) is 73.1 cm³/mol. The van der Waals surface area contributed by atoms with E-state index in [2.05, 4.69) is 25.8 Å². The Morgan fingerprint density at radius 2 is 1.94 bits per heavy atom. The first-order chi connectivity index (χ1) is 8.61. The monoisotopic (exact) mass is 253 g/mol. The van der Waals surface area contributed by atoms with Crippen LogP contribution in [0.4, 0.5) is 4.39 Å². The summed E-state index contributed by atoms with van der Waals surface area (Å²) in [6, 6.07) is 7.35. The molecule has 0 amide bonds. The molecule has 1 aromatic carbocycles. The largest absolute Gasteiger partial charge is 0.377 e. The molecule has 102 valence electrons. The minimum atomic E-state index is -0.183. The molecule has 0 aliphatic rings. The summed E-state index contributed by atoms with van der Waals surface area (Å²) in [5, 5.41) is 0. The first-order valence-corrected chi connectivity index (χ1v) is 6.62. The standard InChI is InChI=1S/C15H24FNO/c1-13(2)17(3)10-6-7-11-18-12-14-8-4-5-9-15(14)16/h4-5,8-9,13H,6-7,10-12H2,1-3H3. The van der Waals surface area contributed by atoms with Gasteiger partial charge in [0.15, 0.2) is 0 Å². The van der Waals surface area contributed by atoms with Crippen LogP contribution in [0.3, 0.4) is 0 Å². The van der Waals surface area contributed by atoms with Crippen LogP contribution in [0.15, 0.2) is 24.3 Å². The number of ether oxygens (including phenoxy) is 1. The molecule has 1 aromatic rings. The average molecular weight is 253 g/mol. The van der Waals surface area contributed by atoms with E-state index < -0.39 is 0 Å². The fourth-order valence-corrected chi connectivity index (χ4v) is 1.62. The number of hydrogen-bond donors (Lipinski definition) is 0. The molecule has 0 heterocycles. The van der Waals surface area contributed by atoms with E-state index in [1.54, 1.807) is 12.1 Å². The van der Waals surface area contributed by atoms with E-state index in [0.717, 1.165) is 19.4 Å². The summed E-state index contributed by atoms with van der Waals surface area (Å²) in [6.07, 6.45) is 2.14. The van der Waals surface area contributed by atoms with Crippen molar-refractivity contribution in [3.8, 4) is 0 Å². The van der Waals surface area contributed by atoms with Crippen molar-refractivity contribution in [1.29, 1.82) is 0 Å². The van der Waals surface area contributed by atoms with Crippen LogP contribution in [0.2, 0.25) is 0 Å². The molecule has 0 aromatic heterocycles. The SMILES string of the molecule is CC(C)N(C)CCCCOCc1ccccc1F. The number of unbranched alkanes of at least 4 members (excludes halogenated alkanes) is 1. The maximum absolute atomic E-state index is 13.3. The molecule has 2 nitrogen and oxygen atoms in total. The van der Waals surface area contributed by atoms with E-state index in [4.69, 9.17) is 4.74 Å². The molecule has 0 N–H and O–H groups in total. The molecule has 0 radical (unpaired) electrons. The first-order valence-electron chi connectivity index (χ1n) is 6.62. The van der Waals surface area contributed by atoms with Crippen LogP contribution in [0.25, 0.3) is 0 Å². The van der Waals surface area contributed by atoms with Gasteiger partial charge >= 0.3 is 0 Å². The molecule has 0 aliphatic carbocycles. The Kier molecular flexibility index (Phi) is 6.91. The zero-order chi connectivity index (χ0) is 13.4. The van der Waals surface area contributed by atoms with E-state index >= 15 is 0 Å². The van der Waals surface area contributed by atoms with E-state index in [-0.39, 0.29) is 5.82 Å². The molecular weight excluding hydrogens is 229 g/mol. The van der Waals surface area contributed by atoms with Gasteiger partial charge in [0.2, 0.25) is 0 Å². The van der Waals surface area contributed by atoms with Crippen LogP contribution in [0, 0.1) is 5.82 Å². The number of benzene rings is 1. The summed E-state index contributed by atoms with van der Waals surface area (Å²) in [6.45, 7) is 6.52. The van der Waals surface area contributed by atoms with Crippen LogP contribution < -0.4 is 0 Å². The summed E-state index contributed by atoms with van der Waals surface area (Å²) in [5.41, 5.74) is 0.636. The second kappa shape index (κ2) is 8.22. The predicted octanol–water partition coefficient (Wildman–Crippen LogP) is 3.46. The van der Waals surface area contributed by atoms with Crippen molar-refractivity contribution in [3.05, 3.63) is 35.6 Å². The maximum Gasteiger partial charge on any atom is 0.128 e. The van der Waals surface area contributed by atoms with Crippen LogP contribution in [0.5, 0.6) is 0 Å². The van der Waals surface area contributed by atoms with Crippen LogP contribution in [0.1, 0.15) is 32.3 Å². The molecule has 0 saturated carbocycles. The van der Waals surface area contributed by atoms with Crippen LogP contribution in [-0.2, 0) is 11.3 Å². The van der Waals surface area contributed by atoms with Gasteiger partial charge < -0.3 is 9.64 Å². The van der Waals surface area contributed by atoms with Gasteiger partial charge in [-0.25, -0.2) is 4.39 Å². The number of halogens is 1. The highest BCUT2D eigenvalue weighted by atomic mass is 19.1. The highest BCUT2D eigenvalue weighted by Gasteiger charge is 2.02. The van der Waals surface area contributed by atoms with Gasteiger partial charge in [0.05, 0.1) is 6.61 Å². The second-order valence-corrected chi connectivity index (χ2v) is 4.93. The normalized spacial score (nSPS) is 11.4. The van der Waals surface area contributed by atoms with Crippen molar-refractivity contribution in [3.63, 3.8) is 0 Å². The third-order valence-electron chi connectivity index (χ3n) is 3.15. The molecule has 1 rings (SSSR count). The van der Waals surface area contributed by atoms with Crippen molar-refractivity contribution in [1.82, 2.24) is 4.90 Å². The van der Waals surface area contributed by atoms with E-state index in [1.807, 2.05) is 6.07 Å². The number of nitrogens with zero attached hydrogens (tertiary/aromatic N) is 1. The lowest BCUT2D eigenvalue weighted by molar-refractivity contribution is 0.112. The van der Waals surface area contributed by atoms with Crippen molar-refractivity contribution < 1.29 is 9.13 Å². The molecular formula is C15H24FNO. The quantitative estimate of drug-likeness (QED) is 0.658. The number of rotatable bonds is 8. The zero-order valence-corrected chi connectivity index (χ0v) is 11.7. The lowest BCUT2D eigenvalue weighted by atomic mass is 10.2. The smallest absolute Gasteiger partial charge is 0.128 e. The lowest BCUT2D eigenvalue weighted by Gasteiger charge is -2.20. The summed E-state index contributed by atoms with van der Waals surface area (Å²) in [7, 11) is 2.13. The fourth-order valence-electron chi connectivity index (χ4n) is 1.62. The first kappa shape index (κ1) is 15.1. The Morgan fingerprint density at radius 1 is 1.22 bits per heavy atom. The van der Waals surface area contributed by atoms with Gasteiger partial charge in [-0.15, -0.1) is 0 Å². The van der Waals surface area contributed by atoms with Crippen molar-refractivity contribution in [2.24, 2.45) is 0 Å². The number of hydrogen-bond acceptors (Lipinski definition) is 2. The van der Waals surface area contributed by atoms with E-state index in [1.165, 1.54) is 6.07 Å². The molecule has 3 heteroatoms. The van der Waals surface area contributed by atoms with Crippen molar-refractivity contribution >= 4 is 0 Å². The van der Waals surface area contributed by atoms with Gasteiger partial charge in [0.1, 0.15) is 5.82 Å². The molecule has 0 saturated heterocycles. The topological polar surface area (TPSA) is 12.5 Å². The highest BCUT2D eigenvalue weighted by Crippen LogP contribution is 2.08. The Hall–Kier alpha value is -0.930. The van der Waals surface area contributed by atoms with Gasteiger partial charge in [-0.1, -0.05) is 18.2 Å². The highest BCUT2D eigenvalue weighted by molar-refractivity contribution is 5.16. The summed E-state index contributed by atoms with van der Waals surface area (Å²) in [4.78, 5) is 2.32. The molecule has 0 fully saturated rings. The second-order valence-electron chi connectivity index (χ2n) is 4.93. The summed E-state index contributed by atoms with van der Waals surface area (Å²) >= 11 is 0. The summed E-state index contributed by atoms with van der Waals surface area (Å²) in [5.74, 6) is -0.183. The maximum atomic E-state index is 13.3. The lowest BCUT2D eigenvalue weighted by Crippen LogP contribution is -2.27. The van der Waals surface area contributed by atoms with Gasteiger partial charge in [-0.3, -0.25) is 0 Å². The Morgan fingerprint density at radius 3 is 2.61 bits per heavy atom. The summed E-state index contributed by atoms with van der Waals surface area (Å²) < 4.78 is 18.8. The Labute approximate surface area is 110 Å². The zero-order valence-electron chi connectivity index (χ0n) is 11.7. The van der Waals surface area contributed by atoms with Gasteiger partial charge in [0, 0.05) is 18.2 Å². The van der Waals surface area contributed by atoms with Crippen molar-refractivity contribution in [2.45, 2.75) is 39.3 Å². The molecule has 0 aliphatic heterocycles. The third-order valence-corrected chi connectivity index (χ3v) is 3.15. The Bertz CT molecular complexity index is 341.